The van der Waals surface area contributed by atoms with Crippen molar-refractivity contribution in [3.05, 3.63) is 191 Å². The number of nitrogens with one attached hydrogen (secondary N) is 6. The summed E-state index contributed by atoms with van der Waals surface area (Å²) >= 11 is 1.58. The third-order valence-corrected chi connectivity index (χ3v) is 21.9. The van der Waals surface area contributed by atoms with E-state index in [9.17, 15) is 33.9 Å². The van der Waals surface area contributed by atoms with Crippen LogP contribution >= 0.6 is 11.8 Å². The molecule has 0 saturated carbocycles. The fourth-order valence-electron chi connectivity index (χ4n) is 11.4. The van der Waals surface area contributed by atoms with Crippen LogP contribution in [-0.4, -0.2) is 99.5 Å². The summed E-state index contributed by atoms with van der Waals surface area (Å²) in [5.74, 6) is -2.09. The van der Waals surface area contributed by atoms with Crippen LogP contribution in [0, 0.1) is 11.8 Å². The number of carbonyl (C=O) groups is 5. The molecule has 7 aromatic rings. The number of aromatic amines is 1. The Morgan fingerprint density at radius 2 is 1.34 bits per heavy atom. The maximum atomic E-state index is 14.4. The first-order valence-corrected chi connectivity index (χ1v) is 33.2. The number of hydrogen-bond donors (Lipinski definition) is 7. The molecule has 2 unspecified atom stereocenters. The van der Waals surface area contributed by atoms with Gasteiger partial charge < -0.3 is 45.8 Å². The molecule has 0 bridgehead atoms. The molecule has 7 atom stereocenters. The number of aliphatic hydroxyl groups is 1. The first kappa shape index (κ1) is 65.3. The molecule has 2 aromatic heterocycles. The minimum Gasteiger partial charge on any atom is -0.404 e. The van der Waals surface area contributed by atoms with Crippen LogP contribution in [0.3, 0.4) is 0 Å². The Kier molecular flexibility index (Phi) is 23.1. The van der Waals surface area contributed by atoms with E-state index in [-0.39, 0.29) is 65.7 Å². The Morgan fingerprint density at radius 3 is 1.97 bits per heavy atom. The number of benzene rings is 5. The summed E-state index contributed by atoms with van der Waals surface area (Å²) in [4.78, 5) is 90.1. The second kappa shape index (κ2) is 30.8. The van der Waals surface area contributed by atoms with Gasteiger partial charge in [0.05, 0.1) is 31.2 Å². The number of carbonyl (C=O) groups excluding carboxylic acids is 5. The van der Waals surface area contributed by atoms with Crippen LogP contribution in [0.1, 0.15) is 116 Å². The molecule has 87 heavy (non-hydrogen) atoms. The summed E-state index contributed by atoms with van der Waals surface area (Å²) in [6.07, 6.45) is 2.91. The summed E-state index contributed by atoms with van der Waals surface area (Å²) in [5.41, 5.74) is 2.68. The molecule has 17 nitrogen and oxygen atoms in total. The highest BCUT2D eigenvalue weighted by Gasteiger charge is 2.51. The molecule has 3 heterocycles. The third-order valence-electron chi connectivity index (χ3n) is 15.8. The smallest absolute Gasteiger partial charge is 0.351 e. The van der Waals surface area contributed by atoms with Crippen LogP contribution in [0.5, 0.6) is 0 Å². The number of nitrogens with zero attached hydrogens (tertiary/aromatic N) is 2. The lowest BCUT2D eigenvalue weighted by Crippen LogP contribution is -2.67. The maximum absolute atomic E-state index is 14.4. The van der Waals surface area contributed by atoms with Crippen molar-refractivity contribution in [3.63, 3.8) is 0 Å². The van der Waals surface area contributed by atoms with Crippen molar-refractivity contribution in [2.75, 3.05) is 17.7 Å². The third kappa shape index (κ3) is 17.7. The topological polar surface area (TPSA) is 235 Å². The van der Waals surface area contributed by atoms with Gasteiger partial charge in [-0.2, -0.15) is 4.98 Å². The Balaban J connectivity index is 0.840. The summed E-state index contributed by atoms with van der Waals surface area (Å²) < 4.78 is 14.9. The average molecular weight is 1220 g/mol. The number of fused-ring (bicyclic) bond motifs is 1. The van der Waals surface area contributed by atoms with Crippen molar-refractivity contribution in [2.24, 2.45) is 11.8 Å². The molecule has 19 heteroatoms. The molecule has 1 saturated heterocycles. The molecule has 0 radical (unpaired) electrons. The summed E-state index contributed by atoms with van der Waals surface area (Å²) in [6.45, 7) is 14.5. The van der Waals surface area contributed by atoms with Gasteiger partial charge in [0.2, 0.25) is 29.5 Å². The van der Waals surface area contributed by atoms with E-state index in [1.54, 1.807) is 44.1 Å². The van der Waals surface area contributed by atoms with Crippen molar-refractivity contribution in [1.29, 1.82) is 0 Å². The number of thioether (sulfide) groups is 1. The van der Waals surface area contributed by atoms with E-state index in [0.717, 1.165) is 38.0 Å². The van der Waals surface area contributed by atoms with Crippen molar-refractivity contribution in [3.8, 4) is 0 Å². The molecular formula is C68H84N8O9SSi. The zero-order valence-electron chi connectivity index (χ0n) is 50.9. The van der Waals surface area contributed by atoms with Crippen LogP contribution in [0.15, 0.2) is 169 Å². The molecule has 5 amide bonds. The van der Waals surface area contributed by atoms with Gasteiger partial charge in [-0.25, -0.2) is 4.79 Å². The van der Waals surface area contributed by atoms with Gasteiger partial charge >= 0.3 is 5.69 Å². The summed E-state index contributed by atoms with van der Waals surface area (Å²) in [5, 5.41) is 29.2. The van der Waals surface area contributed by atoms with E-state index in [4.69, 9.17) is 9.16 Å². The predicted octanol–water partition coefficient (Wildman–Crippen LogP) is 8.64. The zero-order valence-corrected chi connectivity index (χ0v) is 52.7. The van der Waals surface area contributed by atoms with Gasteiger partial charge in [0.15, 0.2) is 0 Å². The molecule has 0 spiro atoms. The maximum Gasteiger partial charge on any atom is 0.351 e. The number of hydrogen-bond acceptors (Lipinski definition) is 11. The highest BCUT2D eigenvalue weighted by Crippen LogP contribution is 2.39. The molecule has 1 aliphatic heterocycles. The number of aromatic nitrogens is 3. The second-order valence-electron chi connectivity index (χ2n) is 24.2. The monoisotopic (exact) mass is 1220 g/mol. The Hall–Kier alpha value is -7.68. The van der Waals surface area contributed by atoms with Crippen LogP contribution in [0.2, 0.25) is 5.04 Å². The lowest BCUT2D eigenvalue weighted by atomic mass is 9.94. The van der Waals surface area contributed by atoms with E-state index in [1.807, 2.05) is 135 Å². The van der Waals surface area contributed by atoms with Crippen LogP contribution < -0.4 is 42.6 Å². The highest BCUT2D eigenvalue weighted by atomic mass is 32.2. The Labute approximate surface area is 515 Å². The molecular weight excluding hydrogens is 1130 g/mol. The quantitative estimate of drug-likeness (QED) is 0.0173. The van der Waals surface area contributed by atoms with Crippen molar-refractivity contribution >= 4 is 76.7 Å². The fourth-order valence-corrected chi connectivity index (χ4v) is 17.0. The number of rotatable bonds is 29. The van der Waals surface area contributed by atoms with Gasteiger partial charge in [-0.1, -0.05) is 188 Å². The first-order chi connectivity index (χ1) is 41.8. The first-order valence-electron chi connectivity index (χ1n) is 30.2. The lowest BCUT2D eigenvalue weighted by molar-refractivity contribution is -0.133. The van der Waals surface area contributed by atoms with Crippen molar-refractivity contribution < 1.29 is 38.2 Å². The van der Waals surface area contributed by atoms with Crippen molar-refractivity contribution in [1.82, 2.24) is 35.8 Å². The molecule has 8 rings (SSSR count). The summed E-state index contributed by atoms with van der Waals surface area (Å²) in [6, 6.07) is 46.1. The van der Waals surface area contributed by atoms with Gasteiger partial charge in [-0.15, -0.1) is 11.8 Å². The number of unbranched alkanes of at least 4 members (excludes halogenated alkanes) is 1. The molecule has 1 aliphatic rings. The molecule has 0 aliphatic carbocycles. The van der Waals surface area contributed by atoms with Gasteiger partial charge in [-0.05, 0) is 81.8 Å². The number of H-pyrrole nitrogens is 1. The number of aliphatic hydroxyl groups excluding tert-OH is 1. The zero-order chi connectivity index (χ0) is 62.1. The Bertz CT molecular complexity index is 3400. The van der Waals surface area contributed by atoms with Crippen molar-refractivity contribution in [2.45, 2.75) is 147 Å². The van der Waals surface area contributed by atoms with Crippen LogP contribution in [0.25, 0.3) is 10.9 Å². The number of ether oxygens (including phenoxy) is 1. The van der Waals surface area contributed by atoms with E-state index >= 15 is 0 Å². The standard InChI is InChI=1S/C68H84N8O9SSi/c1-45(2)38-55(57(77)41-61(80)70-54(48-26-14-9-15-27-48)39-47-24-12-8-13-25-47)72-66(82)64(46(3)4)75-65(81)56(40-49-42-69-53-33-21-20-32-52(49)53)71-59(78)34-22-23-35-60(79)73-58-36-37-76(67(83)74-58)62-44-86-63(85-62)43-84-87(68(5,6)7,50-28-16-10-17-29-50)51-30-18-11-19-31-51/h8-21,24-33,36-37,42,45-46,54-57,62-64,69,77H,22-23,34-35,38-41,43-44H2,1-7H3,(H,70,80)(H,71,78)(H,72,82)(H,75,81)(H,73,74,79,83)/t54?,55?,56-,57-,62+,63-,64-/m0/s1. The second-order valence-corrected chi connectivity index (χ2v) is 29.7. The van der Waals surface area contributed by atoms with E-state index in [2.05, 4.69) is 81.6 Å². The minimum atomic E-state index is -2.81. The minimum absolute atomic E-state index is 0.00262. The Morgan fingerprint density at radius 1 is 0.736 bits per heavy atom. The van der Waals surface area contributed by atoms with Crippen LogP contribution in [-0.2, 0) is 46.0 Å². The average Bonchev–Trinajstić information content (AvgIpc) is 1.28. The largest absolute Gasteiger partial charge is 0.404 e. The molecule has 460 valence electrons. The van der Waals surface area contributed by atoms with Crippen LogP contribution in [0.4, 0.5) is 5.82 Å². The normalized spacial score (nSPS) is 16.2. The predicted molar refractivity (Wildman–Crippen MR) is 346 cm³/mol. The van der Waals surface area contributed by atoms with E-state index in [0.29, 0.717) is 38.0 Å². The number of amides is 5. The lowest BCUT2D eigenvalue weighted by Gasteiger charge is -2.43. The van der Waals surface area contributed by atoms with Gasteiger partial charge in [-0.3, -0.25) is 28.5 Å². The number of para-hydroxylation sites is 1. The van der Waals surface area contributed by atoms with E-state index in [1.165, 1.54) is 4.57 Å². The van der Waals surface area contributed by atoms with Gasteiger partial charge in [0.1, 0.15) is 29.6 Å². The number of anilines is 1. The molecule has 1 fully saturated rings. The molecule has 5 aromatic carbocycles. The highest BCUT2D eigenvalue weighted by molar-refractivity contribution is 8.00. The summed E-state index contributed by atoms with van der Waals surface area (Å²) in [7, 11) is -2.81. The molecule has 7 N–H and O–H groups in total. The van der Waals surface area contributed by atoms with Gasteiger partial charge in [0.25, 0.3) is 8.32 Å². The fraction of sp³-hybridized carbons (Fsp3) is 0.397. The van der Waals surface area contributed by atoms with Gasteiger partial charge in [0, 0.05) is 48.3 Å². The van der Waals surface area contributed by atoms with E-state index < -0.39 is 68.1 Å². The SMILES string of the molecule is CC(C)CC(NC(=O)[C@@H](NC(=O)[C@H](Cc1c[nH]c2ccccc12)NC(=O)CCCCC(=O)Nc1ccn([C@H]2CS[C@@H](CO[Si](c3ccccc3)(c3ccccc3)C(C)(C)C)O2)c(=O)n1)C(C)C)[C@@H](O)CC(=O)NC(Cc1ccccc1)c1ccccc1.